The standard InChI is InChI=1S/C14H22N2O.ClH/c1-4-10-14(3,15)13(17)16-12-8-6-11(5-2)7-9-12;/h6-9H,4-5,10,15H2,1-3H3,(H,16,17);1H. The number of hydrogen-bond acceptors (Lipinski definition) is 2. The third-order valence-electron chi connectivity index (χ3n) is 2.91. The van der Waals surface area contributed by atoms with Crippen molar-refractivity contribution >= 4 is 24.0 Å². The van der Waals surface area contributed by atoms with Crippen molar-refractivity contribution in [2.45, 2.75) is 45.6 Å². The smallest absolute Gasteiger partial charge is 0.244 e. The molecular weight excluding hydrogens is 248 g/mol. The van der Waals surface area contributed by atoms with E-state index in [1.54, 1.807) is 6.92 Å². The van der Waals surface area contributed by atoms with Crippen molar-refractivity contribution in [2.75, 3.05) is 5.32 Å². The highest BCUT2D eigenvalue weighted by Crippen LogP contribution is 2.14. The summed E-state index contributed by atoms with van der Waals surface area (Å²) in [4.78, 5) is 11.9. The first kappa shape index (κ1) is 16.9. The van der Waals surface area contributed by atoms with Crippen LogP contribution >= 0.6 is 12.4 Å². The SMILES string of the molecule is CCCC(C)(N)C(=O)Nc1ccc(CC)cc1.Cl. The number of carbonyl (C=O) groups is 1. The number of carbonyl (C=O) groups excluding carboxylic acids is 1. The van der Waals surface area contributed by atoms with E-state index < -0.39 is 5.54 Å². The quantitative estimate of drug-likeness (QED) is 0.864. The van der Waals surface area contributed by atoms with Crippen molar-refractivity contribution in [1.29, 1.82) is 0 Å². The van der Waals surface area contributed by atoms with E-state index in [0.717, 1.165) is 18.5 Å². The molecule has 0 aromatic heterocycles. The summed E-state index contributed by atoms with van der Waals surface area (Å²) in [5.74, 6) is -0.122. The average molecular weight is 271 g/mol. The molecule has 0 bridgehead atoms. The van der Waals surface area contributed by atoms with Crippen LogP contribution in [-0.2, 0) is 11.2 Å². The summed E-state index contributed by atoms with van der Waals surface area (Å²) in [6, 6.07) is 7.87. The zero-order chi connectivity index (χ0) is 12.9. The van der Waals surface area contributed by atoms with Gasteiger partial charge >= 0.3 is 0 Å². The maximum atomic E-state index is 11.9. The summed E-state index contributed by atoms with van der Waals surface area (Å²) in [5.41, 5.74) is 7.23. The van der Waals surface area contributed by atoms with Gasteiger partial charge in [0.05, 0.1) is 5.54 Å². The third-order valence-corrected chi connectivity index (χ3v) is 2.91. The highest BCUT2D eigenvalue weighted by molar-refractivity contribution is 5.97. The van der Waals surface area contributed by atoms with Crippen molar-refractivity contribution in [3.8, 4) is 0 Å². The number of benzene rings is 1. The van der Waals surface area contributed by atoms with Gasteiger partial charge in [-0.1, -0.05) is 32.4 Å². The number of anilines is 1. The average Bonchev–Trinajstić information content (AvgIpc) is 2.30. The summed E-state index contributed by atoms with van der Waals surface area (Å²) < 4.78 is 0. The van der Waals surface area contributed by atoms with Gasteiger partial charge in [0, 0.05) is 5.69 Å². The van der Waals surface area contributed by atoms with Crippen molar-refractivity contribution < 1.29 is 4.79 Å². The largest absolute Gasteiger partial charge is 0.325 e. The molecule has 1 aromatic rings. The monoisotopic (exact) mass is 270 g/mol. The molecule has 0 saturated heterocycles. The van der Waals surface area contributed by atoms with Crippen molar-refractivity contribution in [3.63, 3.8) is 0 Å². The normalized spacial score (nSPS) is 13.3. The summed E-state index contributed by atoms with van der Waals surface area (Å²) >= 11 is 0. The lowest BCUT2D eigenvalue weighted by Crippen LogP contribution is -2.48. The van der Waals surface area contributed by atoms with Gasteiger partial charge in [-0.2, -0.15) is 0 Å². The van der Waals surface area contributed by atoms with Crippen LogP contribution in [0.15, 0.2) is 24.3 Å². The van der Waals surface area contributed by atoms with Crippen LogP contribution in [0.5, 0.6) is 0 Å². The van der Waals surface area contributed by atoms with Gasteiger partial charge in [-0.25, -0.2) is 0 Å². The van der Waals surface area contributed by atoms with E-state index in [4.69, 9.17) is 5.73 Å². The second-order valence-electron chi connectivity index (χ2n) is 4.67. The Kier molecular flexibility index (Phi) is 6.96. The molecule has 1 amide bonds. The summed E-state index contributed by atoms with van der Waals surface area (Å²) in [6.07, 6.45) is 2.58. The Hall–Kier alpha value is -1.06. The molecule has 18 heavy (non-hydrogen) atoms. The summed E-state index contributed by atoms with van der Waals surface area (Å²) in [5, 5.41) is 2.85. The summed E-state index contributed by atoms with van der Waals surface area (Å²) in [6.45, 7) is 5.90. The number of amides is 1. The number of rotatable bonds is 5. The second-order valence-corrected chi connectivity index (χ2v) is 4.67. The lowest BCUT2D eigenvalue weighted by Gasteiger charge is -2.22. The summed E-state index contributed by atoms with van der Waals surface area (Å²) in [7, 11) is 0. The Morgan fingerprint density at radius 2 is 1.83 bits per heavy atom. The molecule has 1 aromatic carbocycles. The molecule has 102 valence electrons. The molecule has 0 aliphatic rings. The van der Waals surface area contributed by atoms with Crippen LogP contribution in [0.1, 0.15) is 39.2 Å². The predicted molar refractivity (Wildman–Crippen MR) is 79.2 cm³/mol. The Balaban J connectivity index is 0.00000289. The molecule has 1 unspecified atom stereocenters. The molecule has 0 spiro atoms. The maximum Gasteiger partial charge on any atom is 0.244 e. The van der Waals surface area contributed by atoms with Crippen molar-refractivity contribution in [1.82, 2.24) is 0 Å². The van der Waals surface area contributed by atoms with Gasteiger partial charge in [-0.15, -0.1) is 12.4 Å². The van der Waals surface area contributed by atoms with E-state index in [0.29, 0.717) is 6.42 Å². The van der Waals surface area contributed by atoms with Crippen LogP contribution in [0.2, 0.25) is 0 Å². The van der Waals surface area contributed by atoms with Gasteiger partial charge in [0.2, 0.25) is 5.91 Å². The van der Waals surface area contributed by atoms with E-state index in [-0.39, 0.29) is 18.3 Å². The Labute approximate surface area is 116 Å². The molecule has 0 saturated carbocycles. The first-order chi connectivity index (χ1) is 7.99. The minimum absolute atomic E-state index is 0. The van der Waals surface area contributed by atoms with Crippen LogP contribution in [0.4, 0.5) is 5.69 Å². The molecule has 1 atom stereocenters. The minimum Gasteiger partial charge on any atom is -0.325 e. The fraction of sp³-hybridized carbons (Fsp3) is 0.500. The predicted octanol–water partition coefficient (Wildman–Crippen LogP) is 3.13. The first-order valence-electron chi connectivity index (χ1n) is 6.19. The lowest BCUT2D eigenvalue weighted by molar-refractivity contribution is -0.120. The molecule has 3 nitrogen and oxygen atoms in total. The van der Waals surface area contributed by atoms with E-state index in [9.17, 15) is 4.79 Å². The topological polar surface area (TPSA) is 55.1 Å². The molecular formula is C14H23ClN2O. The van der Waals surface area contributed by atoms with Crippen LogP contribution in [0, 0.1) is 0 Å². The second kappa shape index (κ2) is 7.39. The zero-order valence-electron chi connectivity index (χ0n) is 11.3. The number of halogens is 1. The molecule has 0 fully saturated rings. The van der Waals surface area contributed by atoms with E-state index in [1.165, 1.54) is 5.56 Å². The Bertz CT molecular complexity index is 374. The Morgan fingerprint density at radius 1 is 1.28 bits per heavy atom. The highest BCUT2D eigenvalue weighted by Gasteiger charge is 2.26. The minimum atomic E-state index is -0.793. The first-order valence-corrected chi connectivity index (χ1v) is 6.19. The van der Waals surface area contributed by atoms with Gasteiger partial charge in [0.25, 0.3) is 0 Å². The highest BCUT2D eigenvalue weighted by atomic mass is 35.5. The third kappa shape index (κ3) is 4.67. The molecule has 1 rings (SSSR count). The van der Waals surface area contributed by atoms with Crippen LogP contribution in [0.3, 0.4) is 0 Å². The van der Waals surface area contributed by atoms with Crippen LogP contribution in [0.25, 0.3) is 0 Å². The van der Waals surface area contributed by atoms with Gasteiger partial charge in [-0.05, 0) is 37.5 Å². The van der Waals surface area contributed by atoms with Crippen molar-refractivity contribution in [2.24, 2.45) is 5.73 Å². The fourth-order valence-corrected chi connectivity index (χ4v) is 1.73. The molecule has 0 aliphatic heterocycles. The lowest BCUT2D eigenvalue weighted by atomic mass is 9.96. The van der Waals surface area contributed by atoms with Gasteiger partial charge in [-0.3, -0.25) is 4.79 Å². The number of nitrogens with two attached hydrogens (primary N) is 1. The molecule has 3 N–H and O–H groups in total. The number of hydrogen-bond donors (Lipinski definition) is 2. The van der Waals surface area contributed by atoms with Gasteiger partial charge < -0.3 is 11.1 Å². The molecule has 0 heterocycles. The van der Waals surface area contributed by atoms with Crippen LogP contribution < -0.4 is 11.1 Å². The fourth-order valence-electron chi connectivity index (χ4n) is 1.73. The Morgan fingerprint density at radius 3 is 2.28 bits per heavy atom. The number of aryl methyl sites for hydroxylation is 1. The van der Waals surface area contributed by atoms with Gasteiger partial charge in [0.15, 0.2) is 0 Å². The van der Waals surface area contributed by atoms with Crippen LogP contribution in [-0.4, -0.2) is 11.4 Å². The zero-order valence-corrected chi connectivity index (χ0v) is 12.1. The van der Waals surface area contributed by atoms with E-state index in [1.807, 2.05) is 31.2 Å². The van der Waals surface area contributed by atoms with Gasteiger partial charge in [0.1, 0.15) is 0 Å². The van der Waals surface area contributed by atoms with E-state index >= 15 is 0 Å². The molecule has 0 aliphatic carbocycles. The van der Waals surface area contributed by atoms with Crippen molar-refractivity contribution in [3.05, 3.63) is 29.8 Å². The van der Waals surface area contributed by atoms with E-state index in [2.05, 4.69) is 12.2 Å². The molecule has 0 radical (unpaired) electrons. The number of nitrogens with one attached hydrogen (secondary N) is 1. The maximum absolute atomic E-state index is 11.9. The molecule has 4 heteroatoms.